The number of carbonyl (C=O) groups excluding carboxylic acids is 1. The summed E-state index contributed by atoms with van der Waals surface area (Å²) in [6.45, 7) is 3.77. The van der Waals surface area contributed by atoms with Gasteiger partial charge in [-0.1, -0.05) is 24.4 Å². The van der Waals surface area contributed by atoms with Gasteiger partial charge in [0.05, 0.1) is 10.6 Å². The van der Waals surface area contributed by atoms with Crippen LogP contribution in [0.3, 0.4) is 0 Å². The van der Waals surface area contributed by atoms with Gasteiger partial charge in [0.1, 0.15) is 5.82 Å². The number of anilines is 1. The summed E-state index contributed by atoms with van der Waals surface area (Å²) >= 11 is 6.52. The number of piperidine rings is 2. The van der Waals surface area contributed by atoms with E-state index in [2.05, 4.69) is 9.88 Å². The quantitative estimate of drug-likeness (QED) is 0.776. The molecule has 4 nitrogen and oxygen atoms in total. The van der Waals surface area contributed by atoms with Crippen LogP contribution >= 0.6 is 11.6 Å². The van der Waals surface area contributed by atoms with Crippen molar-refractivity contribution in [3.8, 4) is 0 Å². The van der Waals surface area contributed by atoms with E-state index in [9.17, 15) is 4.79 Å². The van der Waals surface area contributed by atoms with E-state index in [0.717, 1.165) is 44.8 Å². The van der Waals surface area contributed by atoms with Crippen molar-refractivity contribution in [3.05, 3.63) is 22.8 Å². The van der Waals surface area contributed by atoms with E-state index in [1.807, 2.05) is 11.0 Å². The lowest BCUT2D eigenvalue weighted by atomic mass is 9.77. The van der Waals surface area contributed by atoms with Crippen LogP contribution in [0.2, 0.25) is 5.02 Å². The molecule has 0 atom stereocenters. The molecule has 0 bridgehead atoms. The van der Waals surface area contributed by atoms with E-state index < -0.39 is 0 Å². The van der Waals surface area contributed by atoms with Crippen molar-refractivity contribution in [2.75, 3.05) is 31.1 Å². The van der Waals surface area contributed by atoms with Gasteiger partial charge < -0.3 is 9.80 Å². The van der Waals surface area contributed by atoms with Crippen molar-refractivity contribution in [2.45, 2.75) is 57.8 Å². The number of likely N-dealkylation sites (tertiary alicyclic amines) is 1. The fourth-order valence-electron chi connectivity index (χ4n) is 4.88. The summed E-state index contributed by atoms with van der Waals surface area (Å²) in [5.41, 5.74) is 1.22. The Kier molecular flexibility index (Phi) is 4.90. The molecule has 1 amide bonds. The third-order valence-electron chi connectivity index (χ3n) is 6.50. The molecule has 5 heteroatoms. The van der Waals surface area contributed by atoms with Gasteiger partial charge in [-0.05, 0) is 56.4 Å². The fourth-order valence-corrected chi connectivity index (χ4v) is 5.16. The zero-order valence-electron chi connectivity index (χ0n) is 15.0. The molecule has 0 radical (unpaired) electrons. The van der Waals surface area contributed by atoms with Gasteiger partial charge in [-0.25, -0.2) is 4.98 Å². The highest BCUT2D eigenvalue weighted by atomic mass is 35.5. The molecular formula is C20H28ClN3O. The highest BCUT2D eigenvalue weighted by Crippen LogP contribution is 2.46. The first-order valence-corrected chi connectivity index (χ1v) is 10.2. The Labute approximate surface area is 155 Å². The van der Waals surface area contributed by atoms with Crippen LogP contribution < -0.4 is 4.90 Å². The molecule has 3 fully saturated rings. The molecule has 1 spiro atoms. The summed E-state index contributed by atoms with van der Waals surface area (Å²) in [4.78, 5) is 21.4. The monoisotopic (exact) mass is 361 g/mol. The number of carbonyl (C=O) groups is 1. The number of amides is 1. The van der Waals surface area contributed by atoms with Crippen molar-refractivity contribution in [2.24, 2.45) is 5.41 Å². The van der Waals surface area contributed by atoms with E-state index in [1.54, 1.807) is 6.20 Å². The van der Waals surface area contributed by atoms with Crippen LogP contribution in [0.4, 0.5) is 5.82 Å². The number of hydrogen-bond donors (Lipinski definition) is 0. The van der Waals surface area contributed by atoms with Gasteiger partial charge in [0.2, 0.25) is 0 Å². The van der Waals surface area contributed by atoms with Crippen LogP contribution in [-0.2, 0) is 0 Å². The van der Waals surface area contributed by atoms with Crippen LogP contribution in [0.25, 0.3) is 0 Å². The van der Waals surface area contributed by atoms with Crippen LogP contribution in [0.1, 0.15) is 68.1 Å². The van der Waals surface area contributed by atoms with Crippen molar-refractivity contribution in [3.63, 3.8) is 0 Å². The Bertz CT molecular complexity index is 626. The summed E-state index contributed by atoms with van der Waals surface area (Å²) in [5, 5.41) is 0.616. The van der Waals surface area contributed by atoms with Gasteiger partial charge in [0, 0.05) is 32.4 Å². The van der Waals surface area contributed by atoms with Gasteiger partial charge in [0.15, 0.2) is 0 Å². The summed E-state index contributed by atoms with van der Waals surface area (Å²) in [5.74, 6) is 0.925. The molecule has 0 aromatic carbocycles. The first-order valence-electron chi connectivity index (χ1n) is 9.87. The predicted molar refractivity (Wildman–Crippen MR) is 101 cm³/mol. The molecule has 1 aromatic heterocycles. The summed E-state index contributed by atoms with van der Waals surface area (Å²) in [6.07, 6.45) is 13.2. The maximum atomic E-state index is 12.6. The molecule has 2 saturated heterocycles. The summed E-state index contributed by atoms with van der Waals surface area (Å²) in [7, 11) is 0. The average Bonchev–Trinajstić information content (AvgIpc) is 3.11. The molecule has 25 heavy (non-hydrogen) atoms. The number of nitrogens with zero attached hydrogens (tertiary/aromatic N) is 3. The van der Waals surface area contributed by atoms with E-state index in [4.69, 9.17) is 11.6 Å². The molecule has 0 N–H and O–H groups in total. The first-order chi connectivity index (χ1) is 12.2. The lowest BCUT2D eigenvalue weighted by Crippen LogP contribution is -2.39. The fraction of sp³-hybridized carbons (Fsp3) is 0.700. The Morgan fingerprint density at radius 3 is 2.28 bits per heavy atom. The van der Waals surface area contributed by atoms with Crippen LogP contribution in [0, 0.1) is 5.41 Å². The molecule has 3 heterocycles. The maximum Gasteiger partial charge on any atom is 0.255 e. The smallest absolute Gasteiger partial charge is 0.255 e. The predicted octanol–water partition coefficient (Wildman–Crippen LogP) is 4.52. The second kappa shape index (κ2) is 7.14. The summed E-state index contributed by atoms with van der Waals surface area (Å²) in [6, 6.07) is 1.82. The number of rotatable bonds is 2. The van der Waals surface area contributed by atoms with Gasteiger partial charge in [-0.15, -0.1) is 0 Å². The van der Waals surface area contributed by atoms with Crippen LogP contribution in [0.5, 0.6) is 0 Å². The lowest BCUT2D eigenvalue weighted by molar-refractivity contribution is 0.0724. The standard InChI is InChI=1S/C20H28ClN3O/c21-17-14-16(19(25)24-10-4-1-5-11-24)15-22-18(17)23-12-8-20(9-13-23)6-2-3-7-20/h14-15H,1-13H2. The molecule has 0 unspecified atom stereocenters. The SMILES string of the molecule is O=C(c1cnc(N2CCC3(CCCC3)CC2)c(Cl)c1)N1CCCCC1. The zero-order valence-corrected chi connectivity index (χ0v) is 15.7. The Morgan fingerprint density at radius 2 is 1.64 bits per heavy atom. The van der Waals surface area contributed by atoms with Crippen LogP contribution in [-0.4, -0.2) is 42.0 Å². The van der Waals surface area contributed by atoms with Gasteiger partial charge >= 0.3 is 0 Å². The lowest BCUT2D eigenvalue weighted by Gasteiger charge is -2.40. The molecule has 2 aliphatic heterocycles. The van der Waals surface area contributed by atoms with Gasteiger partial charge in [0.25, 0.3) is 5.91 Å². The Balaban J connectivity index is 1.44. The number of aromatic nitrogens is 1. The third-order valence-corrected chi connectivity index (χ3v) is 6.78. The summed E-state index contributed by atoms with van der Waals surface area (Å²) < 4.78 is 0. The minimum absolute atomic E-state index is 0.0733. The van der Waals surface area contributed by atoms with Crippen molar-refractivity contribution < 1.29 is 4.79 Å². The molecular weight excluding hydrogens is 334 g/mol. The average molecular weight is 362 g/mol. The Morgan fingerprint density at radius 1 is 0.960 bits per heavy atom. The van der Waals surface area contributed by atoms with Crippen LogP contribution in [0.15, 0.2) is 12.3 Å². The molecule has 1 aliphatic carbocycles. The molecule has 4 rings (SSSR count). The second-order valence-corrected chi connectivity index (χ2v) is 8.48. The highest BCUT2D eigenvalue weighted by Gasteiger charge is 2.37. The molecule has 1 aromatic rings. The van der Waals surface area contributed by atoms with Crippen molar-refractivity contribution >= 4 is 23.3 Å². The minimum atomic E-state index is 0.0733. The molecule has 3 aliphatic rings. The number of hydrogen-bond acceptors (Lipinski definition) is 3. The largest absolute Gasteiger partial charge is 0.355 e. The first kappa shape index (κ1) is 17.1. The second-order valence-electron chi connectivity index (χ2n) is 8.08. The van der Waals surface area contributed by atoms with E-state index in [-0.39, 0.29) is 5.91 Å². The number of pyridine rings is 1. The maximum absolute atomic E-state index is 12.6. The topological polar surface area (TPSA) is 36.4 Å². The minimum Gasteiger partial charge on any atom is -0.355 e. The van der Waals surface area contributed by atoms with Gasteiger partial charge in [-0.3, -0.25) is 4.79 Å². The number of halogens is 1. The Hall–Kier alpha value is -1.29. The third kappa shape index (κ3) is 3.51. The van der Waals surface area contributed by atoms with E-state index in [0.29, 0.717) is 16.0 Å². The normalized spacial score (nSPS) is 23.2. The van der Waals surface area contributed by atoms with Crippen molar-refractivity contribution in [1.29, 1.82) is 0 Å². The van der Waals surface area contributed by atoms with Gasteiger partial charge in [-0.2, -0.15) is 0 Å². The molecule has 136 valence electrons. The zero-order chi connectivity index (χ0) is 17.3. The van der Waals surface area contributed by atoms with E-state index >= 15 is 0 Å². The molecule has 1 saturated carbocycles. The highest BCUT2D eigenvalue weighted by molar-refractivity contribution is 6.33. The van der Waals surface area contributed by atoms with E-state index in [1.165, 1.54) is 44.9 Å². The van der Waals surface area contributed by atoms with Crippen molar-refractivity contribution in [1.82, 2.24) is 9.88 Å².